The van der Waals surface area contributed by atoms with Crippen molar-refractivity contribution in [2.24, 2.45) is 0 Å². The lowest BCUT2D eigenvalue weighted by atomic mass is 10.2. The van der Waals surface area contributed by atoms with Gasteiger partial charge in [0.15, 0.2) is 5.82 Å². The van der Waals surface area contributed by atoms with E-state index in [-0.39, 0.29) is 11.2 Å². The molecule has 0 aliphatic carbocycles. The summed E-state index contributed by atoms with van der Waals surface area (Å²) in [5, 5.41) is 0.251. The zero-order valence-corrected chi connectivity index (χ0v) is 14.0. The number of imidazole rings is 1. The molecule has 1 unspecified atom stereocenters. The summed E-state index contributed by atoms with van der Waals surface area (Å²) < 4.78 is 16.6. The lowest BCUT2D eigenvalue weighted by Crippen LogP contribution is -2.02. The van der Waals surface area contributed by atoms with Gasteiger partial charge in [-0.3, -0.25) is 4.57 Å². The van der Waals surface area contributed by atoms with Crippen LogP contribution in [-0.4, -0.2) is 9.55 Å². The highest BCUT2D eigenvalue weighted by molar-refractivity contribution is 9.10. The predicted molar refractivity (Wildman–Crippen MR) is 88.0 cm³/mol. The van der Waals surface area contributed by atoms with E-state index in [1.807, 2.05) is 16.7 Å². The van der Waals surface area contributed by atoms with E-state index in [1.165, 1.54) is 6.07 Å². The molecular formula is C15H10BrCl2FN2. The number of rotatable bonds is 2. The second kappa shape index (κ2) is 5.59. The van der Waals surface area contributed by atoms with Crippen LogP contribution >= 0.6 is 39.1 Å². The van der Waals surface area contributed by atoms with E-state index in [0.29, 0.717) is 21.9 Å². The molecule has 3 rings (SSSR count). The molecule has 6 heteroatoms. The van der Waals surface area contributed by atoms with Gasteiger partial charge < -0.3 is 0 Å². The summed E-state index contributed by atoms with van der Waals surface area (Å²) in [7, 11) is 0. The normalized spacial score (nSPS) is 12.8. The van der Waals surface area contributed by atoms with Crippen molar-refractivity contribution in [2.45, 2.75) is 12.3 Å². The van der Waals surface area contributed by atoms with Gasteiger partial charge in [-0.1, -0.05) is 17.7 Å². The molecule has 0 amide bonds. The molecular weight excluding hydrogens is 378 g/mol. The van der Waals surface area contributed by atoms with Crippen molar-refractivity contribution in [1.82, 2.24) is 9.55 Å². The van der Waals surface area contributed by atoms with Gasteiger partial charge in [-0.25, -0.2) is 9.37 Å². The van der Waals surface area contributed by atoms with E-state index < -0.39 is 0 Å². The monoisotopic (exact) mass is 386 g/mol. The van der Waals surface area contributed by atoms with Crippen LogP contribution in [0.3, 0.4) is 0 Å². The standard InChI is InChI=1S/C15H10BrCl2FN2/c1-8(17)15-20-14-11(19)3-2-4-13(14)21(15)12-6-5-9(18)7-10(12)16/h2-8H,1H3. The fraction of sp³-hybridized carbons (Fsp3) is 0.133. The van der Waals surface area contributed by atoms with Gasteiger partial charge in [-0.05, 0) is 53.2 Å². The second-order valence-electron chi connectivity index (χ2n) is 4.62. The van der Waals surface area contributed by atoms with E-state index in [0.717, 1.165) is 10.2 Å². The lowest BCUT2D eigenvalue weighted by molar-refractivity contribution is 0.637. The quantitative estimate of drug-likeness (QED) is 0.502. The van der Waals surface area contributed by atoms with Crippen molar-refractivity contribution in [3.63, 3.8) is 0 Å². The van der Waals surface area contributed by atoms with Gasteiger partial charge >= 0.3 is 0 Å². The van der Waals surface area contributed by atoms with Gasteiger partial charge in [0.05, 0.1) is 16.6 Å². The maximum absolute atomic E-state index is 14.0. The van der Waals surface area contributed by atoms with Crippen LogP contribution in [0.15, 0.2) is 40.9 Å². The summed E-state index contributed by atoms with van der Waals surface area (Å²) in [5.41, 5.74) is 1.79. The van der Waals surface area contributed by atoms with Crippen molar-refractivity contribution in [3.05, 3.63) is 57.5 Å². The summed E-state index contributed by atoms with van der Waals surface area (Å²) in [5.74, 6) is 0.217. The summed E-state index contributed by atoms with van der Waals surface area (Å²) >= 11 is 15.7. The van der Waals surface area contributed by atoms with Gasteiger partial charge in [0.1, 0.15) is 11.3 Å². The summed E-state index contributed by atoms with van der Waals surface area (Å²) in [6, 6.07) is 10.3. The number of nitrogens with zero attached hydrogens (tertiary/aromatic N) is 2. The fourth-order valence-electron chi connectivity index (χ4n) is 2.27. The van der Waals surface area contributed by atoms with Crippen molar-refractivity contribution < 1.29 is 4.39 Å². The Bertz CT molecular complexity index is 830. The average Bonchev–Trinajstić information content (AvgIpc) is 2.80. The molecule has 3 aromatic rings. The van der Waals surface area contributed by atoms with Gasteiger partial charge in [0, 0.05) is 9.50 Å². The summed E-state index contributed by atoms with van der Waals surface area (Å²) in [6.07, 6.45) is 0. The minimum absolute atomic E-state index is 0.307. The van der Waals surface area contributed by atoms with Crippen molar-refractivity contribution in [1.29, 1.82) is 0 Å². The Labute approximate surface area is 139 Å². The van der Waals surface area contributed by atoms with Crippen LogP contribution in [0.4, 0.5) is 4.39 Å². The maximum atomic E-state index is 14.0. The number of aromatic nitrogens is 2. The molecule has 108 valence electrons. The van der Waals surface area contributed by atoms with Crippen LogP contribution in [0.5, 0.6) is 0 Å². The molecule has 0 saturated heterocycles. The van der Waals surface area contributed by atoms with Gasteiger partial charge in [-0.15, -0.1) is 11.6 Å². The molecule has 0 fully saturated rings. The Balaban J connectivity index is 2.39. The van der Waals surface area contributed by atoms with Crippen LogP contribution in [-0.2, 0) is 0 Å². The SMILES string of the molecule is CC(Cl)c1nc2c(F)cccc2n1-c1ccc(Cl)cc1Br. The van der Waals surface area contributed by atoms with Crippen molar-refractivity contribution >= 4 is 50.2 Å². The minimum atomic E-state index is -0.366. The van der Waals surface area contributed by atoms with E-state index in [9.17, 15) is 4.39 Å². The first kappa shape index (κ1) is 14.8. The first-order valence-electron chi connectivity index (χ1n) is 6.25. The Hall–Kier alpha value is -1.10. The highest BCUT2D eigenvalue weighted by atomic mass is 79.9. The van der Waals surface area contributed by atoms with Crippen LogP contribution in [0.1, 0.15) is 18.1 Å². The predicted octanol–water partition coefficient (Wildman–Crippen LogP) is 5.88. The van der Waals surface area contributed by atoms with Gasteiger partial charge in [0.2, 0.25) is 0 Å². The molecule has 0 bridgehead atoms. The Morgan fingerprint density at radius 3 is 2.71 bits per heavy atom. The van der Waals surface area contributed by atoms with E-state index in [1.54, 1.807) is 25.1 Å². The largest absolute Gasteiger partial charge is 0.294 e. The average molecular weight is 388 g/mol. The molecule has 21 heavy (non-hydrogen) atoms. The minimum Gasteiger partial charge on any atom is -0.294 e. The lowest BCUT2D eigenvalue weighted by Gasteiger charge is -2.12. The highest BCUT2D eigenvalue weighted by Crippen LogP contribution is 2.33. The number of para-hydroxylation sites is 1. The third kappa shape index (κ3) is 2.56. The summed E-state index contributed by atoms with van der Waals surface area (Å²) in [6.45, 7) is 1.81. The van der Waals surface area contributed by atoms with Crippen molar-refractivity contribution in [2.75, 3.05) is 0 Å². The molecule has 1 heterocycles. The first-order chi connectivity index (χ1) is 9.99. The van der Waals surface area contributed by atoms with Crippen LogP contribution in [0, 0.1) is 5.82 Å². The molecule has 0 N–H and O–H groups in total. The zero-order chi connectivity index (χ0) is 15.1. The molecule has 0 aliphatic rings. The highest BCUT2D eigenvalue weighted by Gasteiger charge is 2.19. The van der Waals surface area contributed by atoms with E-state index in [2.05, 4.69) is 20.9 Å². The first-order valence-corrected chi connectivity index (χ1v) is 7.86. The van der Waals surface area contributed by atoms with Crippen molar-refractivity contribution in [3.8, 4) is 5.69 Å². The van der Waals surface area contributed by atoms with Gasteiger partial charge in [-0.2, -0.15) is 0 Å². The number of hydrogen-bond acceptors (Lipinski definition) is 1. The molecule has 1 aromatic heterocycles. The molecule has 0 radical (unpaired) electrons. The fourth-order valence-corrected chi connectivity index (χ4v) is 3.27. The number of hydrogen-bond donors (Lipinski definition) is 0. The third-order valence-electron chi connectivity index (χ3n) is 3.17. The topological polar surface area (TPSA) is 17.8 Å². The molecule has 2 nitrogen and oxygen atoms in total. The second-order valence-corrected chi connectivity index (χ2v) is 6.57. The Kier molecular flexibility index (Phi) is 3.95. The van der Waals surface area contributed by atoms with Gasteiger partial charge in [0.25, 0.3) is 0 Å². The maximum Gasteiger partial charge on any atom is 0.151 e. The molecule has 0 saturated carbocycles. The molecule has 0 aliphatic heterocycles. The molecule has 2 aromatic carbocycles. The van der Waals surface area contributed by atoms with E-state index in [4.69, 9.17) is 23.2 Å². The summed E-state index contributed by atoms with van der Waals surface area (Å²) in [4.78, 5) is 4.35. The zero-order valence-electron chi connectivity index (χ0n) is 10.9. The number of halogens is 4. The number of benzene rings is 2. The molecule has 1 atom stereocenters. The Morgan fingerprint density at radius 2 is 2.05 bits per heavy atom. The van der Waals surface area contributed by atoms with Crippen LogP contribution in [0.25, 0.3) is 16.7 Å². The number of fused-ring (bicyclic) bond motifs is 1. The van der Waals surface area contributed by atoms with E-state index >= 15 is 0 Å². The Morgan fingerprint density at radius 1 is 1.29 bits per heavy atom. The molecule has 0 spiro atoms. The third-order valence-corrected chi connectivity index (χ3v) is 4.23. The smallest absolute Gasteiger partial charge is 0.151 e. The van der Waals surface area contributed by atoms with Crippen LogP contribution in [0.2, 0.25) is 5.02 Å². The van der Waals surface area contributed by atoms with Crippen LogP contribution < -0.4 is 0 Å². The number of alkyl halides is 1.